The van der Waals surface area contributed by atoms with Crippen LogP contribution in [0.4, 0.5) is 21.5 Å². The smallest absolute Gasteiger partial charge is 0.265 e. The highest BCUT2D eigenvalue weighted by Gasteiger charge is 2.27. The molecular weight excluding hydrogens is 445 g/mol. The van der Waals surface area contributed by atoms with Crippen molar-refractivity contribution in [2.45, 2.75) is 0 Å². The number of carbonyl (C=O) groups excluding carboxylic acids is 2. The van der Waals surface area contributed by atoms with E-state index in [1.54, 1.807) is 30.3 Å². The lowest BCUT2D eigenvalue weighted by atomic mass is 10.2. The number of anilines is 3. The number of nitrogens with zero attached hydrogens (tertiary/aromatic N) is 2. The van der Waals surface area contributed by atoms with E-state index in [0.29, 0.717) is 49.1 Å². The molecule has 2 aliphatic rings. The van der Waals surface area contributed by atoms with E-state index in [-0.39, 0.29) is 19.1 Å². The Morgan fingerprint density at radius 2 is 1.90 bits per heavy atom. The fourth-order valence-electron chi connectivity index (χ4n) is 3.34. The van der Waals surface area contributed by atoms with Crippen molar-refractivity contribution in [3.8, 4) is 5.75 Å². The standard InChI is InChI=1S/C20H19BrFN3O4/c21-13-1-3-17-18(9-13)29-12-20(27)25(17)11-19(26)23-14-2-4-16(15(22)10-14)24-5-7-28-8-6-24/h1-4,9-10H,5-8,11-12H2,(H,23,26). The predicted molar refractivity (Wildman–Crippen MR) is 110 cm³/mol. The average molecular weight is 464 g/mol. The summed E-state index contributed by atoms with van der Waals surface area (Å²) in [6.45, 7) is 2.03. The van der Waals surface area contributed by atoms with Gasteiger partial charge < -0.3 is 19.7 Å². The Labute approximate surface area is 175 Å². The Balaban J connectivity index is 1.45. The van der Waals surface area contributed by atoms with Gasteiger partial charge in [-0.1, -0.05) is 15.9 Å². The van der Waals surface area contributed by atoms with Gasteiger partial charge in [-0.15, -0.1) is 0 Å². The van der Waals surface area contributed by atoms with E-state index < -0.39 is 11.7 Å². The SMILES string of the molecule is O=C(CN1C(=O)COc2cc(Br)ccc21)Nc1ccc(N2CCOCC2)c(F)c1. The summed E-state index contributed by atoms with van der Waals surface area (Å²) >= 11 is 3.35. The number of hydrogen-bond donors (Lipinski definition) is 1. The largest absolute Gasteiger partial charge is 0.482 e. The summed E-state index contributed by atoms with van der Waals surface area (Å²) in [5.74, 6) is -0.633. The highest BCUT2D eigenvalue weighted by molar-refractivity contribution is 9.10. The normalized spacial score (nSPS) is 16.3. The number of rotatable bonds is 4. The van der Waals surface area contributed by atoms with Crippen LogP contribution in [0.3, 0.4) is 0 Å². The maximum Gasteiger partial charge on any atom is 0.265 e. The number of morpholine rings is 1. The predicted octanol–water partition coefficient (Wildman–Crippen LogP) is 2.79. The molecule has 7 nitrogen and oxygen atoms in total. The number of carbonyl (C=O) groups is 2. The first kappa shape index (κ1) is 19.7. The summed E-state index contributed by atoms with van der Waals surface area (Å²) in [7, 11) is 0. The molecule has 1 N–H and O–H groups in total. The number of halogens is 2. The van der Waals surface area contributed by atoms with E-state index >= 15 is 0 Å². The topological polar surface area (TPSA) is 71.1 Å². The number of fused-ring (bicyclic) bond motifs is 1. The Morgan fingerprint density at radius 3 is 2.66 bits per heavy atom. The summed E-state index contributed by atoms with van der Waals surface area (Å²) in [5.41, 5.74) is 1.34. The van der Waals surface area contributed by atoms with Gasteiger partial charge in [-0.25, -0.2) is 4.39 Å². The number of amides is 2. The first-order valence-electron chi connectivity index (χ1n) is 9.16. The van der Waals surface area contributed by atoms with Crippen LogP contribution < -0.4 is 19.9 Å². The molecule has 9 heteroatoms. The van der Waals surface area contributed by atoms with Crippen LogP contribution >= 0.6 is 15.9 Å². The van der Waals surface area contributed by atoms with E-state index in [9.17, 15) is 14.0 Å². The highest BCUT2D eigenvalue weighted by atomic mass is 79.9. The molecule has 1 fully saturated rings. The van der Waals surface area contributed by atoms with Crippen molar-refractivity contribution in [1.29, 1.82) is 0 Å². The summed E-state index contributed by atoms with van der Waals surface area (Å²) in [4.78, 5) is 28.0. The lowest BCUT2D eigenvalue weighted by molar-refractivity contribution is -0.123. The molecule has 0 atom stereocenters. The van der Waals surface area contributed by atoms with Crippen LogP contribution in [-0.4, -0.2) is 51.3 Å². The molecule has 0 spiro atoms. The maximum absolute atomic E-state index is 14.5. The van der Waals surface area contributed by atoms with Gasteiger partial charge in [0.15, 0.2) is 6.61 Å². The lowest BCUT2D eigenvalue weighted by Crippen LogP contribution is -2.43. The Kier molecular flexibility index (Phi) is 5.68. The second-order valence-electron chi connectivity index (χ2n) is 6.69. The minimum atomic E-state index is -0.423. The van der Waals surface area contributed by atoms with Crippen molar-refractivity contribution in [1.82, 2.24) is 0 Å². The number of nitrogens with one attached hydrogen (secondary N) is 1. The third kappa shape index (κ3) is 4.35. The first-order valence-corrected chi connectivity index (χ1v) is 9.95. The minimum Gasteiger partial charge on any atom is -0.482 e. The van der Waals surface area contributed by atoms with Crippen LogP contribution in [0.2, 0.25) is 0 Å². The lowest BCUT2D eigenvalue weighted by Gasteiger charge is -2.29. The fraction of sp³-hybridized carbons (Fsp3) is 0.300. The van der Waals surface area contributed by atoms with Crippen molar-refractivity contribution < 1.29 is 23.5 Å². The van der Waals surface area contributed by atoms with Gasteiger partial charge in [0, 0.05) is 23.2 Å². The van der Waals surface area contributed by atoms with Crippen molar-refractivity contribution >= 4 is 44.8 Å². The second-order valence-corrected chi connectivity index (χ2v) is 7.61. The van der Waals surface area contributed by atoms with Crippen molar-refractivity contribution in [2.24, 2.45) is 0 Å². The number of ether oxygens (including phenoxy) is 2. The molecule has 0 bridgehead atoms. The first-order chi connectivity index (χ1) is 14.0. The van der Waals surface area contributed by atoms with E-state index in [0.717, 1.165) is 4.47 Å². The molecule has 0 aromatic heterocycles. The van der Waals surface area contributed by atoms with Gasteiger partial charge in [0.25, 0.3) is 5.91 Å². The molecule has 1 saturated heterocycles. The van der Waals surface area contributed by atoms with Gasteiger partial charge in [-0.2, -0.15) is 0 Å². The van der Waals surface area contributed by atoms with E-state index in [4.69, 9.17) is 9.47 Å². The van der Waals surface area contributed by atoms with Crippen molar-refractivity contribution in [3.63, 3.8) is 0 Å². The second kappa shape index (κ2) is 8.38. The van der Waals surface area contributed by atoms with Gasteiger partial charge in [0.1, 0.15) is 18.1 Å². The van der Waals surface area contributed by atoms with E-state index in [2.05, 4.69) is 21.2 Å². The third-order valence-corrected chi connectivity index (χ3v) is 5.24. The zero-order chi connectivity index (χ0) is 20.4. The van der Waals surface area contributed by atoms with Crippen molar-refractivity contribution in [2.75, 3.05) is 54.6 Å². The summed E-state index contributed by atoms with van der Waals surface area (Å²) in [6, 6.07) is 9.80. The maximum atomic E-state index is 14.5. The summed E-state index contributed by atoms with van der Waals surface area (Å²) in [5, 5.41) is 2.66. The molecule has 2 aromatic carbocycles. The fourth-order valence-corrected chi connectivity index (χ4v) is 3.68. The molecule has 0 aliphatic carbocycles. The van der Waals surface area contributed by atoms with Crippen LogP contribution in [0.1, 0.15) is 0 Å². The molecule has 2 amide bonds. The van der Waals surface area contributed by atoms with Gasteiger partial charge in [0.2, 0.25) is 5.91 Å². The van der Waals surface area contributed by atoms with Crippen LogP contribution in [-0.2, 0) is 14.3 Å². The summed E-state index contributed by atoms with van der Waals surface area (Å²) in [6.07, 6.45) is 0. The Hall–Kier alpha value is -2.65. The van der Waals surface area contributed by atoms with Crippen LogP contribution in [0.25, 0.3) is 0 Å². The highest BCUT2D eigenvalue weighted by Crippen LogP contribution is 2.34. The van der Waals surface area contributed by atoms with Crippen LogP contribution in [0.5, 0.6) is 5.75 Å². The number of benzene rings is 2. The van der Waals surface area contributed by atoms with Gasteiger partial charge >= 0.3 is 0 Å². The molecular formula is C20H19BrFN3O4. The van der Waals surface area contributed by atoms with Crippen molar-refractivity contribution in [3.05, 3.63) is 46.7 Å². The molecule has 29 heavy (non-hydrogen) atoms. The molecule has 0 unspecified atom stereocenters. The minimum absolute atomic E-state index is 0.139. The zero-order valence-corrected chi connectivity index (χ0v) is 17.1. The number of hydrogen-bond acceptors (Lipinski definition) is 5. The third-order valence-electron chi connectivity index (χ3n) is 4.75. The quantitative estimate of drug-likeness (QED) is 0.754. The summed E-state index contributed by atoms with van der Waals surface area (Å²) < 4.78 is 26.0. The monoisotopic (exact) mass is 463 g/mol. The van der Waals surface area contributed by atoms with Gasteiger partial charge in [-0.3, -0.25) is 14.5 Å². The van der Waals surface area contributed by atoms with Gasteiger partial charge in [-0.05, 0) is 36.4 Å². The zero-order valence-electron chi connectivity index (χ0n) is 15.5. The van der Waals surface area contributed by atoms with E-state index in [1.807, 2.05) is 4.90 Å². The van der Waals surface area contributed by atoms with Gasteiger partial charge in [0.05, 0.1) is 24.6 Å². The molecule has 2 aromatic rings. The molecule has 0 saturated carbocycles. The van der Waals surface area contributed by atoms with Crippen LogP contribution in [0, 0.1) is 5.82 Å². The molecule has 0 radical (unpaired) electrons. The molecule has 152 valence electrons. The Bertz CT molecular complexity index is 949. The molecule has 4 rings (SSSR count). The van der Waals surface area contributed by atoms with E-state index in [1.165, 1.54) is 11.0 Å². The molecule has 2 heterocycles. The average Bonchev–Trinajstić information content (AvgIpc) is 2.71. The molecule has 2 aliphatic heterocycles. The van der Waals surface area contributed by atoms with Crippen LogP contribution in [0.15, 0.2) is 40.9 Å². The Morgan fingerprint density at radius 1 is 1.14 bits per heavy atom.